The molecule has 16 heavy (non-hydrogen) atoms. The minimum Gasteiger partial charge on any atom is -0.447 e. The van der Waals surface area contributed by atoms with Gasteiger partial charge in [0.05, 0.1) is 6.26 Å². The molecule has 0 spiro atoms. The Morgan fingerprint density at radius 3 is 2.88 bits per heavy atom. The van der Waals surface area contributed by atoms with Crippen LogP contribution in [-0.2, 0) is 0 Å². The molecule has 2 rings (SSSR count). The minimum atomic E-state index is 0.714. The van der Waals surface area contributed by atoms with Gasteiger partial charge >= 0.3 is 0 Å². The van der Waals surface area contributed by atoms with E-state index in [0.717, 1.165) is 12.3 Å². The molecule has 1 aromatic heterocycles. The van der Waals surface area contributed by atoms with E-state index in [2.05, 4.69) is 31.8 Å². The summed E-state index contributed by atoms with van der Waals surface area (Å²) in [7, 11) is 0. The molecule has 2 heteroatoms. The zero-order valence-electron chi connectivity index (χ0n) is 10.2. The Morgan fingerprint density at radius 1 is 1.44 bits per heavy atom. The first-order valence-electron chi connectivity index (χ1n) is 5.95. The van der Waals surface area contributed by atoms with E-state index in [0.29, 0.717) is 11.8 Å². The van der Waals surface area contributed by atoms with Gasteiger partial charge in [0.25, 0.3) is 0 Å². The van der Waals surface area contributed by atoms with Gasteiger partial charge in [0.2, 0.25) is 5.88 Å². The summed E-state index contributed by atoms with van der Waals surface area (Å²) in [6, 6.07) is 3.78. The van der Waals surface area contributed by atoms with Crippen LogP contribution in [0.4, 0.5) is 5.88 Å². The molecule has 86 valence electrons. The molecule has 1 aliphatic carbocycles. The van der Waals surface area contributed by atoms with E-state index in [1.165, 1.54) is 17.7 Å². The molecule has 0 aliphatic heterocycles. The van der Waals surface area contributed by atoms with Gasteiger partial charge in [-0.2, -0.15) is 0 Å². The van der Waals surface area contributed by atoms with Gasteiger partial charge in [-0.25, -0.2) is 4.99 Å². The van der Waals surface area contributed by atoms with E-state index in [-0.39, 0.29) is 0 Å². The lowest BCUT2D eigenvalue weighted by atomic mass is 9.81. The predicted octanol–water partition coefficient (Wildman–Crippen LogP) is 4.36. The van der Waals surface area contributed by atoms with E-state index in [9.17, 15) is 0 Å². The molecule has 0 unspecified atom stereocenters. The molecule has 1 aromatic rings. The van der Waals surface area contributed by atoms with Gasteiger partial charge in [0.1, 0.15) is 0 Å². The summed E-state index contributed by atoms with van der Waals surface area (Å²) in [5, 5.41) is 0. The van der Waals surface area contributed by atoms with Crippen molar-refractivity contribution in [3.8, 4) is 0 Å². The summed E-state index contributed by atoms with van der Waals surface area (Å²) >= 11 is 0. The summed E-state index contributed by atoms with van der Waals surface area (Å²) in [6.45, 7) is 6.70. The first kappa shape index (κ1) is 11.2. The van der Waals surface area contributed by atoms with Crippen LogP contribution in [0.1, 0.15) is 33.6 Å². The molecule has 2 nitrogen and oxygen atoms in total. The van der Waals surface area contributed by atoms with E-state index in [1.807, 2.05) is 12.1 Å². The summed E-state index contributed by atoms with van der Waals surface area (Å²) in [4.78, 5) is 4.57. The Labute approximate surface area is 97.1 Å². The first-order chi connectivity index (χ1) is 7.66. The van der Waals surface area contributed by atoms with E-state index >= 15 is 0 Å². The van der Waals surface area contributed by atoms with Crippen molar-refractivity contribution in [3.63, 3.8) is 0 Å². The van der Waals surface area contributed by atoms with Crippen molar-refractivity contribution < 1.29 is 4.42 Å². The molecule has 0 bridgehead atoms. The number of nitrogens with zero attached hydrogens (tertiary/aromatic N) is 1. The average Bonchev–Trinajstić information content (AvgIpc) is 2.73. The molecule has 0 saturated carbocycles. The van der Waals surface area contributed by atoms with Gasteiger partial charge in [-0.1, -0.05) is 19.9 Å². The molecule has 1 aliphatic rings. The quantitative estimate of drug-likeness (QED) is 0.722. The van der Waals surface area contributed by atoms with Crippen LogP contribution in [0, 0.1) is 11.8 Å². The van der Waals surface area contributed by atoms with Crippen molar-refractivity contribution in [2.75, 3.05) is 0 Å². The second kappa shape index (κ2) is 4.69. The Morgan fingerprint density at radius 2 is 2.25 bits per heavy atom. The number of rotatable bonds is 2. The molecule has 0 radical (unpaired) electrons. The number of hydrogen-bond donors (Lipinski definition) is 0. The summed E-state index contributed by atoms with van der Waals surface area (Å²) in [5.74, 6) is 2.15. The normalized spacial score (nSPS) is 23.9. The van der Waals surface area contributed by atoms with E-state index < -0.39 is 0 Å². The van der Waals surface area contributed by atoms with Crippen LogP contribution in [0.5, 0.6) is 0 Å². The minimum absolute atomic E-state index is 0.714. The second-order valence-corrected chi connectivity index (χ2v) is 4.84. The molecule has 0 saturated heterocycles. The second-order valence-electron chi connectivity index (χ2n) is 4.84. The highest BCUT2D eigenvalue weighted by Crippen LogP contribution is 2.29. The van der Waals surface area contributed by atoms with Crippen molar-refractivity contribution in [2.24, 2.45) is 16.8 Å². The maximum Gasteiger partial charge on any atom is 0.218 e. The largest absolute Gasteiger partial charge is 0.447 e. The van der Waals surface area contributed by atoms with Gasteiger partial charge in [-0.05, 0) is 43.2 Å². The molecule has 0 aromatic carbocycles. The summed E-state index contributed by atoms with van der Waals surface area (Å²) < 4.78 is 5.27. The lowest BCUT2D eigenvalue weighted by Crippen LogP contribution is -2.18. The van der Waals surface area contributed by atoms with Crippen LogP contribution in [0.15, 0.2) is 39.5 Å². The zero-order chi connectivity index (χ0) is 11.5. The molecular formula is C14H19NO. The fourth-order valence-electron chi connectivity index (χ4n) is 2.05. The van der Waals surface area contributed by atoms with Gasteiger partial charge in [-0.15, -0.1) is 0 Å². The third-order valence-corrected chi connectivity index (χ3v) is 3.33. The smallest absolute Gasteiger partial charge is 0.218 e. The highest BCUT2D eigenvalue weighted by molar-refractivity contribution is 6.01. The van der Waals surface area contributed by atoms with Crippen LogP contribution in [0.25, 0.3) is 0 Å². The SMILES string of the molecule is CC1=CC[C@H](C(C)C)C/C1=N\c1ccco1. The van der Waals surface area contributed by atoms with Gasteiger partial charge in [0.15, 0.2) is 0 Å². The van der Waals surface area contributed by atoms with Gasteiger partial charge < -0.3 is 4.42 Å². The van der Waals surface area contributed by atoms with Crippen LogP contribution < -0.4 is 0 Å². The first-order valence-corrected chi connectivity index (χ1v) is 5.95. The Balaban J connectivity index is 2.20. The van der Waals surface area contributed by atoms with Crippen LogP contribution in [0.2, 0.25) is 0 Å². The fourth-order valence-corrected chi connectivity index (χ4v) is 2.05. The van der Waals surface area contributed by atoms with Crippen LogP contribution in [0.3, 0.4) is 0 Å². The Hall–Kier alpha value is -1.31. The average molecular weight is 217 g/mol. The molecular weight excluding hydrogens is 198 g/mol. The van der Waals surface area contributed by atoms with Crippen molar-refractivity contribution in [1.29, 1.82) is 0 Å². The highest BCUT2D eigenvalue weighted by atomic mass is 16.3. The summed E-state index contributed by atoms with van der Waals surface area (Å²) in [6.07, 6.45) is 6.22. The number of hydrogen-bond acceptors (Lipinski definition) is 2. The van der Waals surface area contributed by atoms with Crippen LogP contribution in [-0.4, -0.2) is 5.71 Å². The van der Waals surface area contributed by atoms with E-state index in [4.69, 9.17) is 4.42 Å². The Kier molecular flexibility index (Phi) is 3.28. The maximum atomic E-state index is 5.27. The lowest BCUT2D eigenvalue weighted by Gasteiger charge is -2.25. The highest BCUT2D eigenvalue weighted by Gasteiger charge is 2.20. The monoisotopic (exact) mass is 217 g/mol. The van der Waals surface area contributed by atoms with Gasteiger partial charge in [-0.3, -0.25) is 0 Å². The molecule has 1 atom stereocenters. The summed E-state index contributed by atoms with van der Waals surface area (Å²) in [5.41, 5.74) is 2.48. The standard InChI is InChI=1S/C14H19NO/c1-10(2)12-7-6-11(3)13(9-12)15-14-5-4-8-16-14/h4-6,8,10,12H,7,9H2,1-3H3/b15-13+/t12-/m0/s1. The van der Waals surface area contributed by atoms with Gasteiger partial charge in [0, 0.05) is 11.8 Å². The molecule has 1 heterocycles. The third kappa shape index (κ3) is 2.43. The topological polar surface area (TPSA) is 25.5 Å². The van der Waals surface area contributed by atoms with Crippen molar-refractivity contribution in [3.05, 3.63) is 30.0 Å². The Bertz CT molecular complexity index is 398. The lowest BCUT2D eigenvalue weighted by molar-refractivity contribution is 0.395. The maximum absolute atomic E-state index is 5.27. The molecule has 0 N–H and O–H groups in total. The fraction of sp³-hybridized carbons (Fsp3) is 0.500. The van der Waals surface area contributed by atoms with Crippen LogP contribution >= 0.6 is 0 Å². The molecule has 0 fully saturated rings. The zero-order valence-corrected chi connectivity index (χ0v) is 10.2. The van der Waals surface area contributed by atoms with E-state index in [1.54, 1.807) is 6.26 Å². The van der Waals surface area contributed by atoms with Crippen molar-refractivity contribution in [1.82, 2.24) is 0 Å². The van der Waals surface area contributed by atoms with Crippen molar-refractivity contribution in [2.45, 2.75) is 33.6 Å². The molecule has 0 amide bonds. The number of allylic oxidation sites excluding steroid dienone is 2. The number of furan rings is 1. The predicted molar refractivity (Wildman–Crippen MR) is 67.1 cm³/mol. The number of aliphatic imine (C=N–C) groups is 1. The van der Waals surface area contributed by atoms with Crippen molar-refractivity contribution >= 4 is 11.6 Å². The third-order valence-electron chi connectivity index (χ3n) is 3.33.